The summed E-state index contributed by atoms with van der Waals surface area (Å²) in [5.74, 6) is 1.09. The fraction of sp³-hybridized carbons (Fsp3) is 0.545. The Balaban J connectivity index is 0.00000169. The Morgan fingerprint density at radius 3 is 2.79 bits per heavy atom. The van der Waals surface area contributed by atoms with Gasteiger partial charge in [-0.1, -0.05) is 32.8 Å². The number of nitrogens with one attached hydrogen (secondary N) is 1. The van der Waals surface area contributed by atoms with E-state index in [1.807, 2.05) is 6.20 Å². The zero-order valence-corrected chi connectivity index (χ0v) is 10.5. The minimum Gasteiger partial charge on any atom is -0.348 e. The van der Waals surface area contributed by atoms with Crippen LogP contribution in [-0.2, 0) is 6.42 Å². The molecular weight excluding hydrogens is 240 g/mol. The van der Waals surface area contributed by atoms with E-state index in [2.05, 4.69) is 23.5 Å². The standard InChI is InChI=1S/C11H18N2.BrH/c1-3-5-6-7-8-11-12-9-10(4-2)13-11;/h4,9H,2-3,5-8H2,1H3,(H,12,13);1H. The molecule has 0 aliphatic rings. The molecule has 1 aromatic heterocycles. The maximum absolute atomic E-state index is 4.35. The van der Waals surface area contributed by atoms with Crippen molar-refractivity contribution in [2.75, 3.05) is 0 Å². The van der Waals surface area contributed by atoms with Crippen molar-refractivity contribution in [2.24, 2.45) is 0 Å². The Hall–Kier alpha value is -0.570. The predicted octanol–water partition coefficient (Wildman–Crippen LogP) is 3.75. The van der Waals surface area contributed by atoms with Gasteiger partial charge in [-0.25, -0.2) is 4.98 Å². The van der Waals surface area contributed by atoms with Crippen LogP contribution in [0.5, 0.6) is 0 Å². The van der Waals surface area contributed by atoms with Gasteiger partial charge in [0.15, 0.2) is 0 Å². The molecule has 2 nitrogen and oxygen atoms in total. The first-order valence-electron chi connectivity index (χ1n) is 5.03. The lowest BCUT2D eigenvalue weighted by molar-refractivity contribution is 0.655. The Bertz CT molecular complexity index is 256. The fourth-order valence-electron chi connectivity index (χ4n) is 1.33. The Kier molecular flexibility index (Phi) is 7.48. The summed E-state index contributed by atoms with van der Waals surface area (Å²) in [6.07, 6.45) is 9.89. The average Bonchev–Trinajstić information content (AvgIpc) is 2.60. The number of hydrogen-bond acceptors (Lipinski definition) is 1. The van der Waals surface area contributed by atoms with Crippen LogP contribution in [0.25, 0.3) is 6.08 Å². The summed E-state index contributed by atoms with van der Waals surface area (Å²) >= 11 is 0. The van der Waals surface area contributed by atoms with Gasteiger partial charge in [0.05, 0.1) is 5.69 Å². The van der Waals surface area contributed by atoms with E-state index >= 15 is 0 Å². The predicted molar refractivity (Wildman–Crippen MR) is 66.8 cm³/mol. The lowest BCUT2D eigenvalue weighted by Gasteiger charge is -1.95. The summed E-state index contributed by atoms with van der Waals surface area (Å²) in [5.41, 5.74) is 0.950. The molecule has 0 aromatic carbocycles. The molecule has 1 heterocycles. The van der Waals surface area contributed by atoms with Crippen molar-refractivity contribution in [3.05, 3.63) is 24.3 Å². The molecule has 0 saturated heterocycles. The molecule has 0 atom stereocenters. The first-order valence-corrected chi connectivity index (χ1v) is 5.03. The number of unbranched alkanes of at least 4 members (excludes halogenated alkanes) is 3. The van der Waals surface area contributed by atoms with Gasteiger partial charge in [-0.05, 0) is 12.5 Å². The van der Waals surface area contributed by atoms with Crippen LogP contribution >= 0.6 is 17.0 Å². The first kappa shape index (κ1) is 13.4. The molecule has 0 saturated carbocycles. The number of rotatable bonds is 6. The Morgan fingerprint density at radius 2 is 2.21 bits per heavy atom. The van der Waals surface area contributed by atoms with E-state index in [4.69, 9.17) is 0 Å². The number of halogens is 1. The number of aryl methyl sites for hydroxylation is 1. The molecule has 0 aliphatic carbocycles. The summed E-state index contributed by atoms with van der Waals surface area (Å²) in [5, 5.41) is 0. The van der Waals surface area contributed by atoms with E-state index in [1.54, 1.807) is 6.08 Å². The van der Waals surface area contributed by atoms with E-state index in [0.717, 1.165) is 17.9 Å². The fourth-order valence-corrected chi connectivity index (χ4v) is 1.33. The summed E-state index contributed by atoms with van der Waals surface area (Å²) in [4.78, 5) is 7.50. The first-order chi connectivity index (χ1) is 6.36. The highest BCUT2D eigenvalue weighted by molar-refractivity contribution is 8.93. The summed E-state index contributed by atoms with van der Waals surface area (Å²) in [7, 11) is 0. The highest BCUT2D eigenvalue weighted by Gasteiger charge is 1.97. The van der Waals surface area contributed by atoms with Crippen LogP contribution in [0.15, 0.2) is 12.8 Å². The van der Waals surface area contributed by atoms with Gasteiger partial charge in [-0.3, -0.25) is 0 Å². The second-order valence-electron chi connectivity index (χ2n) is 3.29. The quantitative estimate of drug-likeness (QED) is 0.774. The molecular formula is C11H19BrN2. The molecule has 0 aliphatic heterocycles. The Labute approximate surface area is 96.6 Å². The summed E-state index contributed by atoms with van der Waals surface area (Å²) in [6, 6.07) is 0. The van der Waals surface area contributed by atoms with Crippen molar-refractivity contribution in [3.8, 4) is 0 Å². The number of aromatic amines is 1. The van der Waals surface area contributed by atoms with Crippen molar-refractivity contribution in [1.82, 2.24) is 9.97 Å². The van der Waals surface area contributed by atoms with Gasteiger partial charge in [0.1, 0.15) is 5.82 Å². The van der Waals surface area contributed by atoms with Crippen LogP contribution in [0.2, 0.25) is 0 Å². The highest BCUT2D eigenvalue weighted by Crippen LogP contribution is 2.05. The van der Waals surface area contributed by atoms with Gasteiger partial charge in [-0.15, -0.1) is 17.0 Å². The molecule has 1 N–H and O–H groups in total. The summed E-state index contributed by atoms with van der Waals surface area (Å²) < 4.78 is 0. The van der Waals surface area contributed by atoms with Crippen LogP contribution in [-0.4, -0.2) is 9.97 Å². The number of hydrogen-bond donors (Lipinski definition) is 1. The monoisotopic (exact) mass is 258 g/mol. The van der Waals surface area contributed by atoms with Crippen molar-refractivity contribution in [2.45, 2.75) is 39.0 Å². The molecule has 0 fully saturated rings. The summed E-state index contributed by atoms with van der Waals surface area (Å²) in [6.45, 7) is 5.90. The molecule has 3 heteroatoms. The molecule has 1 aromatic rings. The second kappa shape index (κ2) is 7.80. The third-order valence-corrected chi connectivity index (χ3v) is 2.13. The zero-order valence-electron chi connectivity index (χ0n) is 8.75. The number of H-pyrrole nitrogens is 1. The molecule has 0 spiro atoms. The number of nitrogens with zero attached hydrogens (tertiary/aromatic N) is 1. The van der Waals surface area contributed by atoms with Gasteiger partial charge in [-0.2, -0.15) is 0 Å². The van der Waals surface area contributed by atoms with Crippen LogP contribution < -0.4 is 0 Å². The van der Waals surface area contributed by atoms with E-state index < -0.39 is 0 Å². The lowest BCUT2D eigenvalue weighted by atomic mass is 10.1. The van der Waals surface area contributed by atoms with Crippen LogP contribution in [0, 0.1) is 0 Å². The number of imidazole rings is 1. The molecule has 80 valence electrons. The van der Waals surface area contributed by atoms with E-state index in [9.17, 15) is 0 Å². The van der Waals surface area contributed by atoms with Crippen molar-refractivity contribution in [3.63, 3.8) is 0 Å². The smallest absolute Gasteiger partial charge is 0.106 e. The topological polar surface area (TPSA) is 28.7 Å². The third-order valence-electron chi connectivity index (χ3n) is 2.13. The minimum atomic E-state index is 0. The van der Waals surface area contributed by atoms with Gasteiger partial charge < -0.3 is 4.98 Å². The van der Waals surface area contributed by atoms with E-state index in [-0.39, 0.29) is 17.0 Å². The zero-order chi connectivity index (χ0) is 9.52. The SMILES string of the molecule is Br.C=Cc1c[nH]c(CCCCCC)n1. The second-order valence-corrected chi connectivity index (χ2v) is 3.29. The van der Waals surface area contributed by atoms with Gasteiger partial charge >= 0.3 is 0 Å². The van der Waals surface area contributed by atoms with Crippen molar-refractivity contribution < 1.29 is 0 Å². The normalized spacial score (nSPS) is 9.50. The number of aromatic nitrogens is 2. The van der Waals surface area contributed by atoms with Gasteiger partial charge in [0.25, 0.3) is 0 Å². The van der Waals surface area contributed by atoms with Gasteiger partial charge in [0, 0.05) is 12.6 Å². The molecule has 14 heavy (non-hydrogen) atoms. The highest BCUT2D eigenvalue weighted by atomic mass is 79.9. The van der Waals surface area contributed by atoms with Crippen molar-refractivity contribution >= 4 is 23.1 Å². The largest absolute Gasteiger partial charge is 0.348 e. The maximum Gasteiger partial charge on any atom is 0.106 e. The Morgan fingerprint density at radius 1 is 1.43 bits per heavy atom. The van der Waals surface area contributed by atoms with E-state index in [0.29, 0.717) is 0 Å². The lowest BCUT2D eigenvalue weighted by Crippen LogP contribution is -1.88. The molecule has 0 amide bonds. The minimum absolute atomic E-state index is 0. The molecule has 0 radical (unpaired) electrons. The van der Waals surface area contributed by atoms with E-state index in [1.165, 1.54) is 25.7 Å². The third kappa shape index (κ3) is 4.61. The molecule has 0 bridgehead atoms. The van der Waals surface area contributed by atoms with Crippen molar-refractivity contribution in [1.29, 1.82) is 0 Å². The van der Waals surface area contributed by atoms with Crippen LogP contribution in [0.4, 0.5) is 0 Å². The maximum atomic E-state index is 4.35. The van der Waals surface area contributed by atoms with Crippen LogP contribution in [0.3, 0.4) is 0 Å². The molecule has 1 rings (SSSR count). The van der Waals surface area contributed by atoms with Gasteiger partial charge in [0.2, 0.25) is 0 Å². The average molecular weight is 259 g/mol. The van der Waals surface area contributed by atoms with Crippen LogP contribution in [0.1, 0.15) is 44.1 Å². The molecule has 0 unspecified atom stereocenters.